The topological polar surface area (TPSA) is 61.0 Å². The van der Waals surface area contributed by atoms with Crippen molar-refractivity contribution in [3.05, 3.63) is 40.5 Å². The molecule has 0 aliphatic heterocycles. The summed E-state index contributed by atoms with van der Waals surface area (Å²) in [6.45, 7) is 2.16. The van der Waals surface area contributed by atoms with E-state index >= 15 is 0 Å². The Hall–Kier alpha value is -1.62. The van der Waals surface area contributed by atoms with E-state index in [1.54, 1.807) is 6.20 Å². The van der Waals surface area contributed by atoms with Crippen LogP contribution in [-0.2, 0) is 6.42 Å². The third-order valence-electron chi connectivity index (χ3n) is 2.41. The Labute approximate surface area is 114 Å². The summed E-state index contributed by atoms with van der Waals surface area (Å²) in [5.41, 5.74) is 6.82. The summed E-state index contributed by atoms with van der Waals surface area (Å²) in [5.74, 6) is 1.34. The molecule has 2 N–H and O–H groups in total. The first kappa shape index (κ1) is 12.8. The highest BCUT2D eigenvalue weighted by Crippen LogP contribution is 2.27. The molecule has 0 atom stereocenters. The number of aromatic nitrogens is 2. The van der Waals surface area contributed by atoms with Crippen LogP contribution < -0.4 is 10.5 Å². The third-order valence-corrected chi connectivity index (χ3v) is 2.95. The Bertz CT molecular complexity index is 528. The molecule has 2 aromatic rings. The monoisotopic (exact) mass is 307 g/mol. The van der Waals surface area contributed by atoms with Crippen LogP contribution in [0.15, 0.2) is 34.9 Å². The third kappa shape index (κ3) is 3.20. The lowest BCUT2D eigenvalue weighted by Crippen LogP contribution is -1.97. The number of anilines is 1. The van der Waals surface area contributed by atoms with Crippen molar-refractivity contribution in [3.63, 3.8) is 0 Å². The Balaban J connectivity index is 2.15. The Morgan fingerprint density at radius 1 is 1.28 bits per heavy atom. The first-order valence-corrected chi connectivity index (χ1v) is 6.53. The average molecular weight is 308 g/mol. The summed E-state index contributed by atoms with van der Waals surface area (Å²) in [7, 11) is 0. The number of aryl methyl sites for hydroxylation is 1. The maximum Gasteiger partial charge on any atom is 0.238 e. The number of nitrogen functional groups attached to an aromatic ring is 1. The zero-order valence-electron chi connectivity index (χ0n) is 10.1. The molecule has 94 valence electrons. The summed E-state index contributed by atoms with van der Waals surface area (Å²) < 4.78 is 6.32. The van der Waals surface area contributed by atoms with E-state index in [4.69, 9.17) is 10.5 Å². The molecule has 0 amide bonds. The molecule has 0 aliphatic carbocycles. The molecule has 4 nitrogen and oxygen atoms in total. The standard InChI is InChI=1S/C13H14BrN3O/c1-2-3-9-4-6-10(7-5-9)18-12-11(14)8-16-13(15)17-12/h4-8H,2-3H2,1H3,(H2,15,16,17). The van der Waals surface area contributed by atoms with Gasteiger partial charge in [-0.25, -0.2) is 4.98 Å². The van der Waals surface area contributed by atoms with Crippen LogP contribution in [0.3, 0.4) is 0 Å². The van der Waals surface area contributed by atoms with E-state index < -0.39 is 0 Å². The van der Waals surface area contributed by atoms with Crippen molar-refractivity contribution in [2.45, 2.75) is 19.8 Å². The fraction of sp³-hybridized carbons (Fsp3) is 0.231. The van der Waals surface area contributed by atoms with Crippen LogP contribution >= 0.6 is 15.9 Å². The fourth-order valence-corrected chi connectivity index (χ4v) is 1.83. The van der Waals surface area contributed by atoms with E-state index in [0.717, 1.165) is 18.6 Å². The fourth-order valence-electron chi connectivity index (χ4n) is 1.56. The number of ether oxygens (including phenoxy) is 1. The molecule has 2 rings (SSSR count). The molecule has 0 unspecified atom stereocenters. The van der Waals surface area contributed by atoms with Crippen LogP contribution in [0.5, 0.6) is 11.6 Å². The highest BCUT2D eigenvalue weighted by atomic mass is 79.9. The van der Waals surface area contributed by atoms with Crippen molar-refractivity contribution in [2.24, 2.45) is 0 Å². The first-order chi connectivity index (χ1) is 8.69. The molecule has 18 heavy (non-hydrogen) atoms. The Morgan fingerprint density at radius 3 is 2.67 bits per heavy atom. The number of hydrogen-bond acceptors (Lipinski definition) is 4. The van der Waals surface area contributed by atoms with Crippen LogP contribution in [0.4, 0.5) is 5.95 Å². The second kappa shape index (κ2) is 5.82. The Morgan fingerprint density at radius 2 is 2.00 bits per heavy atom. The molecule has 1 heterocycles. The van der Waals surface area contributed by atoms with Crippen molar-refractivity contribution in [1.29, 1.82) is 0 Å². The predicted molar refractivity (Wildman–Crippen MR) is 74.7 cm³/mol. The van der Waals surface area contributed by atoms with Crippen molar-refractivity contribution in [3.8, 4) is 11.6 Å². The summed E-state index contributed by atoms with van der Waals surface area (Å²) in [4.78, 5) is 7.88. The Kier molecular flexibility index (Phi) is 4.15. The van der Waals surface area contributed by atoms with Crippen molar-refractivity contribution >= 4 is 21.9 Å². The van der Waals surface area contributed by atoms with Gasteiger partial charge in [-0.2, -0.15) is 4.98 Å². The van der Waals surface area contributed by atoms with Gasteiger partial charge in [0.1, 0.15) is 5.75 Å². The number of benzene rings is 1. The van der Waals surface area contributed by atoms with Crippen LogP contribution in [0.1, 0.15) is 18.9 Å². The van der Waals surface area contributed by atoms with E-state index in [1.165, 1.54) is 5.56 Å². The predicted octanol–water partition coefficient (Wildman–Crippen LogP) is 3.57. The van der Waals surface area contributed by atoms with Crippen LogP contribution in [0.25, 0.3) is 0 Å². The normalized spacial score (nSPS) is 10.3. The largest absolute Gasteiger partial charge is 0.438 e. The van der Waals surface area contributed by atoms with E-state index in [9.17, 15) is 0 Å². The van der Waals surface area contributed by atoms with Crippen LogP contribution in [0, 0.1) is 0 Å². The van der Waals surface area contributed by atoms with Crippen molar-refractivity contribution < 1.29 is 4.74 Å². The smallest absolute Gasteiger partial charge is 0.238 e. The lowest BCUT2D eigenvalue weighted by atomic mass is 10.1. The quantitative estimate of drug-likeness (QED) is 0.938. The molecule has 0 radical (unpaired) electrons. The molecular formula is C13H14BrN3O. The molecule has 1 aromatic carbocycles. The zero-order chi connectivity index (χ0) is 13.0. The summed E-state index contributed by atoms with van der Waals surface area (Å²) >= 11 is 3.32. The summed E-state index contributed by atoms with van der Waals surface area (Å²) in [6, 6.07) is 7.96. The molecule has 0 aliphatic rings. The molecule has 5 heteroatoms. The number of hydrogen-bond donors (Lipinski definition) is 1. The molecule has 0 saturated carbocycles. The zero-order valence-corrected chi connectivity index (χ0v) is 11.6. The molecular weight excluding hydrogens is 294 g/mol. The highest BCUT2D eigenvalue weighted by molar-refractivity contribution is 9.10. The van der Waals surface area contributed by atoms with Gasteiger partial charge in [0.15, 0.2) is 0 Å². The number of nitrogens with zero attached hydrogens (tertiary/aromatic N) is 2. The van der Waals surface area contributed by atoms with Gasteiger partial charge < -0.3 is 10.5 Å². The number of nitrogens with two attached hydrogens (primary N) is 1. The van der Waals surface area contributed by atoms with Gasteiger partial charge in [-0.05, 0) is 40.0 Å². The van der Waals surface area contributed by atoms with E-state index in [0.29, 0.717) is 10.4 Å². The van der Waals surface area contributed by atoms with E-state index in [-0.39, 0.29) is 5.95 Å². The molecule has 0 saturated heterocycles. The summed E-state index contributed by atoms with van der Waals surface area (Å²) in [6.07, 6.45) is 3.78. The maximum absolute atomic E-state index is 5.65. The minimum Gasteiger partial charge on any atom is -0.438 e. The average Bonchev–Trinajstić information content (AvgIpc) is 2.37. The minimum absolute atomic E-state index is 0.191. The lowest BCUT2D eigenvalue weighted by Gasteiger charge is -2.07. The highest BCUT2D eigenvalue weighted by Gasteiger charge is 2.06. The van der Waals surface area contributed by atoms with Gasteiger partial charge in [0.05, 0.1) is 10.7 Å². The van der Waals surface area contributed by atoms with Crippen molar-refractivity contribution in [2.75, 3.05) is 5.73 Å². The van der Waals surface area contributed by atoms with Gasteiger partial charge >= 0.3 is 0 Å². The minimum atomic E-state index is 0.191. The van der Waals surface area contributed by atoms with Gasteiger partial charge in [-0.1, -0.05) is 25.5 Å². The lowest BCUT2D eigenvalue weighted by molar-refractivity contribution is 0.459. The second-order valence-electron chi connectivity index (χ2n) is 3.88. The first-order valence-electron chi connectivity index (χ1n) is 5.74. The SMILES string of the molecule is CCCc1ccc(Oc2nc(N)ncc2Br)cc1. The molecule has 0 fully saturated rings. The second-order valence-corrected chi connectivity index (χ2v) is 4.73. The van der Waals surface area contributed by atoms with Gasteiger partial charge in [0.2, 0.25) is 11.8 Å². The number of rotatable bonds is 4. The molecule has 1 aromatic heterocycles. The van der Waals surface area contributed by atoms with Crippen LogP contribution in [-0.4, -0.2) is 9.97 Å². The van der Waals surface area contributed by atoms with Gasteiger partial charge in [-0.3, -0.25) is 0 Å². The van der Waals surface area contributed by atoms with Gasteiger partial charge in [0, 0.05) is 0 Å². The van der Waals surface area contributed by atoms with E-state index in [1.807, 2.05) is 12.1 Å². The summed E-state index contributed by atoms with van der Waals surface area (Å²) in [5, 5.41) is 0. The van der Waals surface area contributed by atoms with E-state index in [2.05, 4.69) is 45.0 Å². The maximum atomic E-state index is 5.65. The van der Waals surface area contributed by atoms with Gasteiger partial charge in [-0.15, -0.1) is 0 Å². The van der Waals surface area contributed by atoms with Crippen LogP contribution in [0.2, 0.25) is 0 Å². The molecule has 0 spiro atoms. The molecule has 0 bridgehead atoms. The van der Waals surface area contributed by atoms with Gasteiger partial charge in [0.25, 0.3) is 0 Å². The number of halogens is 1. The van der Waals surface area contributed by atoms with Crippen molar-refractivity contribution in [1.82, 2.24) is 9.97 Å².